The van der Waals surface area contributed by atoms with E-state index in [0.29, 0.717) is 12.1 Å². The van der Waals surface area contributed by atoms with Crippen molar-refractivity contribution < 1.29 is 0 Å². The summed E-state index contributed by atoms with van der Waals surface area (Å²) in [4.78, 5) is 0. The van der Waals surface area contributed by atoms with E-state index in [4.69, 9.17) is 0 Å². The Labute approximate surface area is 113 Å². The van der Waals surface area contributed by atoms with Crippen molar-refractivity contribution in [3.05, 3.63) is 34.3 Å². The number of benzene rings is 1. The minimum atomic E-state index is 0.427. The molecular weight excluding hydrogens is 274 g/mol. The van der Waals surface area contributed by atoms with Crippen LogP contribution in [0.15, 0.2) is 28.7 Å². The van der Waals surface area contributed by atoms with Crippen molar-refractivity contribution in [2.45, 2.75) is 51.6 Å². The molecule has 2 rings (SSSR count). The largest absolute Gasteiger partial charge is 0.307 e. The molecule has 1 aromatic carbocycles. The van der Waals surface area contributed by atoms with E-state index in [9.17, 15) is 0 Å². The molecule has 1 fully saturated rings. The molecule has 1 saturated carbocycles. The molecule has 0 aromatic heterocycles. The fraction of sp³-hybridized carbons (Fsp3) is 0.600. The van der Waals surface area contributed by atoms with Crippen LogP contribution >= 0.6 is 15.9 Å². The van der Waals surface area contributed by atoms with E-state index in [-0.39, 0.29) is 0 Å². The molecule has 17 heavy (non-hydrogen) atoms. The first-order chi connectivity index (χ1) is 8.18. The highest BCUT2D eigenvalue weighted by Crippen LogP contribution is 2.28. The quantitative estimate of drug-likeness (QED) is 0.854. The van der Waals surface area contributed by atoms with Crippen LogP contribution in [-0.4, -0.2) is 6.04 Å². The van der Waals surface area contributed by atoms with Gasteiger partial charge in [0.15, 0.2) is 0 Å². The van der Waals surface area contributed by atoms with Crippen molar-refractivity contribution in [1.29, 1.82) is 0 Å². The summed E-state index contributed by atoms with van der Waals surface area (Å²) in [6.45, 7) is 4.64. The van der Waals surface area contributed by atoms with Crippen molar-refractivity contribution in [2.75, 3.05) is 0 Å². The topological polar surface area (TPSA) is 12.0 Å². The molecule has 2 heteroatoms. The van der Waals surface area contributed by atoms with Gasteiger partial charge in [0.25, 0.3) is 0 Å². The van der Waals surface area contributed by atoms with Crippen molar-refractivity contribution in [3.8, 4) is 0 Å². The molecule has 0 spiro atoms. The molecular formula is C15H22BrN. The second kappa shape index (κ2) is 6.01. The third-order valence-electron chi connectivity index (χ3n) is 3.95. The van der Waals surface area contributed by atoms with E-state index in [1.54, 1.807) is 0 Å². The van der Waals surface area contributed by atoms with E-state index in [0.717, 1.165) is 5.92 Å². The summed E-state index contributed by atoms with van der Waals surface area (Å²) in [6.07, 6.45) is 5.49. The minimum absolute atomic E-state index is 0.427. The lowest BCUT2D eigenvalue weighted by Crippen LogP contribution is -2.38. The maximum atomic E-state index is 3.80. The predicted octanol–water partition coefficient (Wildman–Crippen LogP) is 4.68. The van der Waals surface area contributed by atoms with Crippen LogP contribution in [-0.2, 0) is 0 Å². The third kappa shape index (κ3) is 3.32. The van der Waals surface area contributed by atoms with Gasteiger partial charge in [0.2, 0.25) is 0 Å². The summed E-state index contributed by atoms with van der Waals surface area (Å²) in [5, 5.41) is 3.80. The smallest absolute Gasteiger partial charge is 0.0305 e. The molecule has 0 saturated heterocycles. The molecule has 0 aliphatic heterocycles. The van der Waals surface area contributed by atoms with Gasteiger partial charge in [-0.05, 0) is 37.3 Å². The van der Waals surface area contributed by atoms with Crippen LogP contribution in [0.4, 0.5) is 0 Å². The number of halogens is 1. The summed E-state index contributed by atoms with van der Waals surface area (Å²) in [5.74, 6) is 0.814. The molecule has 94 valence electrons. The molecule has 3 unspecified atom stereocenters. The highest BCUT2D eigenvalue weighted by atomic mass is 79.9. The predicted molar refractivity (Wildman–Crippen MR) is 77.1 cm³/mol. The Kier molecular flexibility index (Phi) is 4.63. The van der Waals surface area contributed by atoms with Crippen molar-refractivity contribution in [2.24, 2.45) is 5.92 Å². The molecule has 3 atom stereocenters. The van der Waals surface area contributed by atoms with E-state index in [1.807, 2.05) is 0 Å². The van der Waals surface area contributed by atoms with Crippen molar-refractivity contribution in [3.63, 3.8) is 0 Å². The molecule has 0 bridgehead atoms. The monoisotopic (exact) mass is 295 g/mol. The minimum Gasteiger partial charge on any atom is -0.307 e. The van der Waals surface area contributed by atoms with Crippen LogP contribution in [0.1, 0.15) is 51.1 Å². The van der Waals surface area contributed by atoms with Crippen LogP contribution in [0.3, 0.4) is 0 Å². The summed E-state index contributed by atoms with van der Waals surface area (Å²) >= 11 is 3.64. The van der Waals surface area contributed by atoms with Crippen molar-refractivity contribution in [1.82, 2.24) is 5.32 Å². The normalized spacial score (nSPS) is 26.8. The fourth-order valence-electron chi connectivity index (χ4n) is 2.80. The van der Waals surface area contributed by atoms with Gasteiger partial charge in [-0.25, -0.2) is 0 Å². The second-order valence-corrected chi connectivity index (χ2v) is 6.13. The van der Waals surface area contributed by atoms with E-state index in [2.05, 4.69) is 59.4 Å². The molecule has 1 N–H and O–H groups in total. The zero-order chi connectivity index (χ0) is 12.3. The molecule has 1 aromatic rings. The van der Waals surface area contributed by atoms with Crippen molar-refractivity contribution >= 4 is 15.9 Å². The highest BCUT2D eigenvalue weighted by molar-refractivity contribution is 9.10. The van der Waals surface area contributed by atoms with E-state index in [1.165, 1.54) is 35.7 Å². The lowest BCUT2D eigenvalue weighted by molar-refractivity contribution is 0.263. The first-order valence-electron chi connectivity index (χ1n) is 6.69. The maximum absolute atomic E-state index is 3.80. The summed E-state index contributed by atoms with van der Waals surface area (Å²) in [5.41, 5.74) is 1.37. The lowest BCUT2D eigenvalue weighted by atomic mass is 9.85. The fourth-order valence-corrected chi connectivity index (χ4v) is 3.43. The zero-order valence-electron chi connectivity index (χ0n) is 10.7. The van der Waals surface area contributed by atoms with E-state index >= 15 is 0 Å². The zero-order valence-corrected chi connectivity index (χ0v) is 12.3. The molecule has 0 radical (unpaired) electrons. The number of rotatable bonds is 3. The van der Waals surface area contributed by atoms with Crippen LogP contribution < -0.4 is 5.32 Å². The number of hydrogen-bond acceptors (Lipinski definition) is 1. The lowest BCUT2D eigenvalue weighted by Gasteiger charge is -2.32. The Morgan fingerprint density at radius 1 is 1.24 bits per heavy atom. The molecule has 0 amide bonds. The van der Waals surface area contributed by atoms with Crippen LogP contribution in [0.5, 0.6) is 0 Å². The van der Waals surface area contributed by atoms with Gasteiger partial charge in [0.1, 0.15) is 0 Å². The first kappa shape index (κ1) is 13.1. The first-order valence-corrected chi connectivity index (χ1v) is 7.48. The molecule has 1 aliphatic carbocycles. The van der Waals surface area contributed by atoms with Crippen LogP contribution in [0.2, 0.25) is 0 Å². The standard InChI is InChI=1S/C15H22BrN/c1-11-7-3-6-10-15(11)17-12(2)13-8-4-5-9-14(13)16/h4-5,8-9,11-12,15,17H,3,6-7,10H2,1-2H3. The average molecular weight is 296 g/mol. The Morgan fingerprint density at radius 3 is 2.65 bits per heavy atom. The summed E-state index contributed by atoms with van der Waals surface area (Å²) in [7, 11) is 0. The average Bonchev–Trinajstić information content (AvgIpc) is 2.32. The SMILES string of the molecule is CC(NC1CCCCC1C)c1ccccc1Br. The Balaban J connectivity index is 2.01. The van der Waals surface area contributed by atoms with Crippen LogP contribution in [0.25, 0.3) is 0 Å². The number of hydrogen-bond donors (Lipinski definition) is 1. The van der Waals surface area contributed by atoms with E-state index < -0.39 is 0 Å². The Bertz CT molecular complexity index is 364. The Morgan fingerprint density at radius 2 is 1.94 bits per heavy atom. The Hall–Kier alpha value is -0.340. The van der Waals surface area contributed by atoms with Gasteiger partial charge in [-0.1, -0.05) is 53.9 Å². The van der Waals surface area contributed by atoms with Gasteiger partial charge in [-0.3, -0.25) is 0 Å². The summed E-state index contributed by atoms with van der Waals surface area (Å²) < 4.78 is 1.21. The molecule has 0 heterocycles. The van der Waals surface area contributed by atoms with Crippen LogP contribution in [0, 0.1) is 5.92 Å². The maximum Gasteiger partial charge on any atom is 0.0305 e. The second-order valence-electron chi connectivity index (χ2n) is 5.28. The number of nitrogens with one attached hydrogen (secondary N) is 1. The summed E-state index contributed by atoms with van der Waals surface area (Å²) in [6, 6.07) is 9.63. The van der Waals surface area contributed by atoms with Gasteiger partial charge in [-0.2, -0.15) is 0 Å². The van der Waals surface area contributed by atoms with Gasteiger partial charge < -0.3 is 5.32 Å². The van der Waals surface area contributed by atoms with Gasteiger partial charge in [0, 0.05) is 16.6 Å². The molecule has 1 aliphatic rings. The van der Waals surface area contributed by atoms with Gasteiger partial charge >= 0.3 is 0 Å². The third-order valence-corrected chi connectivity index (χ3v) is 4.67. The van der Waals surface area contributed by atoms with Gasteiger partial charge in [0.05, 0.1) is 0 Å². The molecule has 1 nitrogen and oxygen atoms in total. The highest BCUT2D eigenvalue weighted by Gasteiger charge is 2.23. The van der Waals surface area contributed by atoms with Gasteiger partial charge in [-0.15, -0.1) is 0 Å².